The molecular weight excluding hydrogens is 196 g/mol. The Labute approximate surface area is 69.7 Å². The first-order valence-electron chi connectivity index (χ1n) is 1.23. The minimum atomic E-state index is -5.19. The van der Waals surface area contributed by atoms with E-state index in [-0.39, 0.29) is 34.1 Å². The molecule has 0 spiro atoms. The van der Waals surface area contributed by atoms with Crippen LogP contribution in [0.2, 0.25) is 0 Å². The number of rotatable bonds is 0. The van der Waals surface area contributed by atoms with E-state index in [1.54, 1.807) is 0 Å². The maximum absolute atomic E-state index is 10.5. The van der Waals surface area contributed by atoms with Gasteiger partial charge in [0, 0.05) is 0 Å². The number of carbonyl (C=O) groups excluding carboxylic acids is 1. The van der Waals surface area contributed by atoms with E-state index in [4.69, 9.17) is 9.90 Å². The SMILES string of the molecule is O=C([O-])C(F)(F)F.[Cl-].[Ti+2]. The Hall–Kier alpha value is 0.264. The monoisotopic (exact) mass is 196 g/mol. The molecule has 9 heavy (non-hydrogen) atoms. The average Bonchev–Trinajstić information content (AvgIpc) is 1.31. The summed E-state index contributed by atoms with van der Waals surface area (Å²) in [6, 6.07) is 0. The first-order chi connectivity index (χ1) is 2.94. The molecule has 7 heteroatoms. The molecule has 52 valence electrons. The minimum absolute atomic E-state index is 0. The molecule has 0 aromatic rings. The molecule has 0 unspecified atom stereocenters. The fourth-order valence-corrected chi connectivity index (χ4v) is 0. The average molecular weight is 196 g/mol. The Bertz CT molecular complexity index is 92.3. The van der Waals surface area contributed by atoms with Gasteiger partial charge in [0.1, 0.15) is 5.97 Å². The van der Waals surface area contributed by atoms with Crippen LogP contribution >= 0.6 is 0 Å². The Balaban J connectivity index is -0.000000180. The predicted octanol–water partition coefficient (Wildman–Crippen LogP) is -3.70. The number of hydrogen-bond acceptors (Lipinski definition) is 2. The molecule has 0 rings (SSSR count). The van der Waals surface area contributed by atoms with Crippen LogP contribution in [0.25, 0.3) is 0 Å². The third kappa shape index (κ3) is 8.26. The van der Waals surface area contributed by atoms with Crippen LogP contribution in [0.3, 0.4) is 0 Å². The number of halogens is 4. The van der Waals surface area contributed by atoms with Gasteiger partial charge in [0.2, 0.25) is 0 Å². The molecule has 0 aromatic heterocycles. The molecule has 0 amide bonds. The molecule has 0 saturated carbocycles. The normalized spacial score (nSPS) is 8.78. The van der Waals surface area contributed by atoms with Crippen LogP contribution in [0, 0.1) is 0 Å². The maximum atomic E-state index is 10.5. The molecule has 0 heterocycles. The molecule has 0 N–H and O–H groups in total. The fourth-order valence-electron chi connectivity index (χ4n) is 0. The Morgan fingerprint density at radius 2 is 1.44 bits per heavy atom. The fraction of sp³-hybridized carbons (Fsp3) is 0.500. The molecule has 2 nitrogen and oxygen atoms in total. The number of carboxylic acids is 1. The Morgan fingerprint density at radius 1 is 1.33 bits per heavy atom. The standard InChI is InChI=1S/C2HF3O2.ClH.Ti/c3-2(4,5)1(6)7;;/h(H,6,7);1H;/q;;+2/p-2. The van der Waals surface area contributed by atoms with Gasteiger partial charge in [0.15, 0.2) is 0 Å². The van der Waals surface area contributed by atoms with E-state index in [0.29, 0.717) is 0 Å². The molecule has 0 bridgehead atoms. The largest absolute Gasteiger partial charge is 2.00 e. The molecule has 0 atom stereocenters. The summed E-state index contributed by atoms with van der Waals surface area (Å²) in [6.07, 6.45) is -5.19. The molecule has 0 aromatic carbocycles. The van der Waals surface area contributed by atoms with E-state index in [2.05, 4.69) is 0 Å². The summed E-state index contributed by atoms with van der Waals surface area (Å²) in [6.45, 7) is 0. The number of hydrogen-bond donors (Lipinski definition) is 0. The van der Waals surface area contributed by atoms with Crippen LogP contribution in [-0.4, -0.2) is 12.1 Å². The van der Waals surface area contributed by atoms with Crippen molar-refractivity contribution in [3.05, 3.63) is 0 Å². The predicted molar refractivity (Wildman–Crippen MR) is 11.1 cm³/mol. The molecule has 0 saturated heterocycles. The summed E-state index contributed by atoms with van der Waals surface area (Å²) < 4.78 is 31.5. The van der Waals surface area contributed by atoms with E-state index >= 15 is 0 Å². The third-order valence-electron chi connectivity index (χ3n) is 0.231. The summed E-state index contributed by atoms with van der Waals surface area (Å²) in [5, 5.41) is 8.78. The number of alkyl halides is 3. The van der Waals surface area contributed by atoms with E-state index in [9.17, 15) is 13.2 Å². The Kier molecular flexibility index (Phi) is 9.10. The van der Waals surface area contributed by atoms with Gasteiger partial charge in [0.05, 0.1) is 0 Å². The van der Waals surface area contributed by atoms with Crippen molar-refractivity contribution in [3.63, 3.8) is 0 Å². The first kappa shape index (κ1) is 16.1. The van der Waals surface area contributed by atoms with Gasteiger partial charge in [-0.05, 0) is 0 Å². The van der Waals surface area contributed by atoms with Gasteiger partial charge >= 0.3 is 27.9 Å². The van der Waals surface area contributed by atoms with Gasteiger partial charge in [-0.2, -0.15) is 13.2 Å². The topological polar surface area (TPSA) is 40.1 Å². The summed E-state index contributed by atoms with van der Waals surface area (Å²) in [7, 11) is 0. The van der Waals surface area contributed by atoms with Crippen molar-refractivity contribution in [3.8, 4) is 0 Å². The van der Waals surface area contributed by atoms with E-state index < -0.39 is 12.1 Å². The van der Waals surface area contributed by atoms with Crippen LogP contribution in [0.15, 0.2) is 0 Å². The second-order valence-corrected chi connectivity index (χ2v) is 0.785. The van der Waals surface area contributed by atoms with Gasteiger partial charge < -0.3 is 22.3 Å². The second kappa shape index (κ2) is 5.08. The van der Waals surface area contributed by atoms with E-state index in [1.165, 1.54) is 0 Å². The maximum Gasteiger partial charge on any atom is 2.00 e. The summed E-state index contributed by atoms with van der Waals surface area (Å²) >= 11 is 0. The molecule has 0 radical (unpaired) electrons. The zero-order valence-corrected chi connectivity index (χ0v) is 6.15. The zero-order chi connectivity index (χ0) is 6.08. The molecule has 0 aliphatic carbocycles. The number of aliphatic carboxylic acids is 1. The Morgan fingerprint density at radius 3 is 1.44 bits per heavy atom. The van der Waals surface area contributed by atoms with Crippen molar-refractivity contribution in [1.82, 2.24) is 0 Å². The van der Waals surface area contributed by atoms with Crippen molar-refractivity contribution in [1.29, 1.82) is 0 Å². The zero-order valence-electron chi connectivity index (χ0n) is 3.83. The van der Waals surface area contributed by atoms with Crippen molar-refractivity contribution in [2.45, 2.75) is 6.18 Å². The number of carbonyl (C=O) groups is 1. The van der Waals surface area contributed by atoms with Gasteiger partial charge in [-0.1, -0.05) is 0 Å². The van der Waals surface area contributed by atoms with Gasteiger partial charge in [-0.15, -0.1) is 0 Å². The third-order valence-corrected chi connectivity index (χ3v) is 0.231. The molecule has 0 aliphatic heterocycles. The van der Waals surface area contributed by atoms with Gasteiger partial charge in [0.25, 0.3) is 0 Å². The summed E-state index contributed by atoms with van der Waals surface area (Å²) in [4.78, 5) is 8.78. The van der Waals surface area contributed by atoms with Crippen LogP contribution in [0.1, 0.15) is 0 Å². The van der Waals surface area contributed by atoms with E-state index in [0.717, 1.165) is 0 Å². The quantitative estimate of drug-likeness (QED) is 0.374. The van der Waals surface area contributed by atoms with Crippen molar-refractivity contribution < 1.29 is 57.2 Å². The molecule has 0 fully saturated rings. The van der Waals surface area contributed by atoms with Gasteiger partial charge in [-0.3, -0.25) is 0 Å². The van der Waals surface area contributed by atoms with Crippen molar-refractivity contribution >= 4 is 5.97 Å². The van der Waals surface area contributed by atoms with Crippen LogP contribution in [-0.2, 0) is 26.5 Å². The van der Waals surface area contributed by atoms with Crippen LogP contribution in [0.4, 0.5) is 13.2 Å². The van der Waals surface area contributed by atoms with Gasteiger partial charge in [-0.25, -0.2) is 0 Å². The smallest absolute Gasteiger partial charge is 1.00 e. The first-order valence-corrected chi connectivity index (χ1v) is 1.23. The van der Waals surface area contributed by atoms with E-state index in [1.807, 2.05) is 0 Å². The second-order valence-electron chi connectivity index (χ2n) is 0.785. The van der Waals surface area contributed by atoms with Crippen molar-refractivity contribution in [2.75, 3.05) is 0 Å². The molecule has 0 aliphatic rings. The summed E-state index contributed by atoms with van der Waals surface area (Å²) in [5.41, 5.74) is 0. The van der Waals surface area contributed by atoms with Crippen LogP contribution < -0.4 is 17.5 Å². The van der Waals surface area contributed by atoms with Crippen LogP contribution in [0.5, 0.6) is 0 Å². The minimum Gasteiger partial charge on any atom is -1.00 e. The molecular formula is C2ClF3O2Ti. The summed E-state index contributed by atoms with van der Waals surface area (Å²) in [5.74, 6) is -3.01. The number of carboxylic acid groups (broad SMARTS) is 1. The van der Waals surface area contributed by atoms with Crippen molar-refractivity contribution in [2.24, 2.45) is 0 Å².